The van der Waals surface area contributed by atoms with Gasteiger partial charge in [-0.2, -0.15) is 0 Å². The summed E-state index contributed by atoms with van der Waals surface area (Å²) in [5.74, 6) is 0.716. The minimum absolute atomic E-state index is 0.675. The van der Waals surface area contributed by atoms with E-state index >= 15 is 0 Å². The van der Waals surface area contributed by atoms with Gasteiger partial charge in [0.15, 0.2) is 0 Å². The summed E-state index contributed by atoms with van der Waals surface area (Å²) in [7, 11) is 0. The van der Waals surface area contributed by atoms with Crippen LogP contribution in [-0.4, -0.2) is 35.6 Å². The largest absolute Gasteiger partial charge is 0.309 e. The van der Waals surface area contributed by atoms with Crippen molar-refractivity contribution in [2.75, 3.05) is 19.6 Å². The van der Waals surface area contributed by atoms with Crippen molar-refractivity contribution in [3.63, 3.8) is 0 Å². The second-order valence-electron chi connectivity index (χ2n) is 5.57. The first-order chi connectivity index (χ1) is 8.66. The molecule has 102 valence electrons. The minimum Gasteiger partial charge on any atom is -0.309 e. The van der Waals surface area contributed by atoms with Gasteiger partial charge < -0.3 is 5.32 Å². The zero-order chi connectivity index (χ0) is 13.0. The molecular weight excluding hydrogens is 242 g/mol. The predicted octanol–water partition coefficient (Wildman–Crippen LogP) is 2.66. The molecule has 1 unspecified atom stereocenters. The molecule has 1 N–H and O–H groups in total. The number of aryl methyl sites for hydroxylation is 1. The van der Waals surface area contributed by atoms with Crippen molar-refractivity contribution in [2.24, 2.45) is 5.92 Å². The number of hydrogen-bond donors (Lipinski definition) is 1. The fourth-order valence-electron chi connectivity index (χ4n) is 2.67. The molecule has 2 rings (SSSR count). The van der Waals surface area contributed by atoms with Crippen molar-refractivity contribution in [1.29, 1.82) is 0 Å². The SMILES string of the molecule is Cc1csc(CNCC(C(C)C)N2CCCC2)n1. The standard InChI is InChI=1S/C14H25N3S/c1-11(2)13(17-6-4-5-7-17)8-15-9-14-16-12(3)10-18-14/h10-11,13,15H,4-9H2,1-3H3. The highest BCUT2D eigenvalue weighted by Crippen LogP contribution is 2.17. The van der Waals surface area contributed by atoms with Crippen LogP contribution in [0.3, 0.4) is 0 Å². The number of hydrogen-bond acceptors (Lipinski definition) is 4. The highest BCUT2D eigenvalue weighted by molar-refractivity contribution is 7.09. The summed E-state index contributed by atoms with van der Waals surface area (Å²) >= 11 is 1.75. The predicted molar refractivity (Wildman–Crippen MR) is 78.0 cm³/mol. The van der Waals surface area contributed by atoms with Crippen LogP contribution in [0, 0.1) is 12.8 Å². The summed E-state index contributed by atoms with van der Waals surface area (Å²) in [4.78, 5) is 7.14. The third-order valence-electron chi connectivity index (χ3n) is 3.68. The molecule has 1 aromatic heterocycles. The molecule has 18 heavy (non-hydrogen) atoms. The van der Waals surface area contributed by atoms with Gasteiger partial charge >= 0.3 is 0 Å². The fraction of sp³-hybridized carbons (Fsp3) is 0.786. The average molecular weight is 267 g/mol. The van der Waals surface area contributed by atoms with Crippen molar-refractivity contribution in [3.05, 3.63) is 16.1 Å². The smallest absolute Gasteiger partial charge is 0.107 e. The maximum absolute atomic E-state index is 4.49. The van der Waals surface area contributed by atoms with Gasteiger partial charge in [0.1, 0.15) is 5.01 Å². The number of aromatic nitrogens is 1. The summed E-state index contributed by atoms with van der Waals surface area (Å²) < 4.78 is 0. The zero-order valence-corrected chi connectivity index (χ0v) is 12.6. The van der Waals surface area contributed by atoms with Gasteiger partial charge in [0.2, 0.25) is 0 Å². The fourth-order valence-corrected chi connectivity index (χ4v) is 3.41. The normalized spacial score (nSPS) is 18.7. The summed E-state index contributed by atoms with van der Waals surface area (Å²) in [6, 6.07) is 0.675. The van der Waals surface area contributed by atoms with Crippen molar-refractivity contribution < 1.29 is 0 Å². The molecule has 0 spiro atoms. The van der Waals surface area contributed by atoms with E-state index in [9.17, 15) is 0 Å². The van der Waals surface area contributed by atoms with Crippen LogP contribution in [0.25, 0.3) is 0 Å². The van der Waals surface area contributed by atoms with Crippen LogP contribution >= 0.6 is 11.3 Å². The van der Waals surface area contributed by atoms with Crippen molar-refractivity contribution in [1.82, 2.24) is 15.2 Å². The average Bonchev–Trinajstić information content (AvgIpc) is 2.95. The van der Waals surface area contributed by atoms with Crippen LogP contribution in [0.15, 0.2) is 5.38 Å². The van der Waals surface area contributed by atoms with Crippen LogP contribution in [0.1, 0.15) is 37.4 Å². The molecule has 1 saturated heterocycles. The maximum atomic E-state index is 4.49. The second kappa shape index (κ2) is 6.64. The first-order valence-corrected chi connectivity index (χ1v) is 7.90. The van der Waals surface area contributed by atoms with Gasteiger partial charge in [-0.15, -0.1) is 11.3 Å². The van der Waals surface area contributed by atoms with E-state index in [1.807, 2.05) is 0 Å². The Hall–Kier alpha value is -0.450. The van der Waals surface area contributed by atoms with E-state index in [0.29, 0.717) is 12.0 Å². The van der Waals surface area contributed by atoms with Gasteiger partial charge in [0, 0.05) is 30.2 Å². The van der Waals surface area contributed by atoms with E-state index in [4.69, 9.17) is 0 Å². The number of likely N-dealkylation sites (tertiary alicyclic amines) is 1. The van der Waals surface area contributed by atoms with Crippen LogP contribution in [-0.2, 0) is 6.54 Å². The summed E-state index contributed by atoms with van der Waals surface area (Å²) in [6.07, 6.45) is 2.74. The Labute approximate surface area is 115 Å². The van der Waals surface area contributed by atoms with E-state index in [0.717, 1.165) is 18.8 Å². The van der Waals surface area contributed by atoms with E-state index in [2.05, 4.69) is 41.4 Å². The first-order valence-electron chi connectivity index (χ1n) is 7.02. The Morgan fingerprint density at radius 1 is 1.39 bits per heavy atom. The molecule has 2 heterocycles. The van der Waals surface area contributed by atoms with Crippen LogP contribution in [0.2, 0.25) is 0 Å². The Kier molecular flexibility index (Phi) is 5.15. The zero-order valence-electron chi connectivity index (χ0n) is 11.8. The van der Waals surface area contributed by atoms with Crippen molar-refractivity contribution in [2.45, 2.75) is 46.2 Å². The number of rotatable bonds is 6. The molecule has 3 nitrogen and oxygen atoms in total. The van der Waals surface area contributed by atoms with Crippen molar-refractivity contribution in [3.8, 4) is 0 Å². The third kappa shape index (κ3) is 3.77. The van der Waals surface area contributed by atoms with E-state index in [1.165, 1.54) is 30.9 Å². The second-order valence-corrected chi connectivity index (χ2v) is 6.51. The van der Waals surface area contributed by atoms with E-state index in [-0.39, 0.29) is 0 Å². The Bertz CT molecular complexity index is 356. The van der Waals surface area contributed by atoms with Gasteiger partial charge in [-0.1, -0.05) is 13.8 Å². The number of nitrogens with zero attached hydrogens (tertiary/aromatic N) is 2. The Morgan fingerprint density at radius 3 is 2.67 bits per heavy atom. The monoisotopic (exact) mass is 267 g/mol. The molecule has 0 amide bonds. The molecule has 1 aromatic rings. The lowest BCUT2D eigenvalue weighted by atomic mass is 10.0. The quantitative estimate of drug-likeness (QED) is 0.859. The van der Waals surface area contributed by atoms with Gasteiger partial charge in [-0.25, -0.2) is 4.98 Å². The topological polar surface area (TPSA) is 28.2 Å². The lowest BCUT2D eigenvalue weighted by Crippen LogP contribution is -2.44. The molecule has 0 aromatic carbocycles. The highest BCUT2D eigenvalue weighted by Gasteiger charge is 2.23. The lowest BCUT2D eigenvalue weighted by molar-refractivity contribution is 0.186. The molecule has 4 heteroatoms. The minimum atomic E-state index is 0.675. The van der Waals surface area contributed by atoms with E-state index in [1.54, 1.807) is 11.3 Å². The van der Waals surface area contributed by atoms with Crippen LogP contribution in [0.4, 0.5) is 0 Å². The molecule has 0 radical (unpaired) electrons. The van der Waals surface area contributed by atoms with E-state index < -0.39 is 0 Å². The number of thiazole rings is 1. The number of nitrogens with one attached hydrogen (secondary N) is 1. The van der Waals surface area contributed by atoms with Crippen LogP contribution < -0.4 is 5.32 Å². The van der Waals surface area contributed by atoms with Gasteiger partial charge in [-0.05, 0) is 38.8 Å². The van der Waals surface area contributed by atoms with Gasteiger partial charge in [0.25, 0.3) is 0 Å². The molecule has 1 aliphatic rings. The molecular formula is C14H25N3S. The maximum Gasteiger partial charge on any atom is 0.107 e. The molecule has 0 aliphatic carbocycles. The highest BCUT2D eigenvalue weighted by atomic mass is 32.1. The first kappa shape index (κ1) is 14.0. The molecule has 0 bridgehead atoms. The molecule has 1 atom stereocenters. The lowest BCUT2D eigenvalue weighted by Gasteiger charge is -2.31. The Morgan fingerprint density at radius 2 is 2.11 bits per heavy atom. The summed E-state index contributed by atoms with van der Waals surface area (Å²) in [5.41, 5.74) is 1.14. The summed E-state index contributed by atoms with van der Waals surface area (Å²) in [6.45, 7) is 11.3. The summed E-state index contributed by atoms with van der Waals surface area (Å²) in [5, 5.41) is 6.91. The Balaban J connectivity index is 1.78. The van der Waals surface area contributed by atoms with Crippen LogP contribution in [0.5, 0.6) is 0 Å². The molecule has 0 saturated carbocycles. The molecule has 1 fully saturated rings. The van der Waals surface area contributed by atoms with Gasteiger partial charge in [-0.3, -0.25) is 4.90 Å². The van der Waals surface area contributed by atoms with Gasteiger partial charge in [0.05, 0.1) is 0 Å². The van der Waals surface area contributed by atoms with Crippen molar-refractivity contribution >= 4 is 11.3 Å². The third-order valence-corrected chi connectivity index (χ3v) is 4.64. The molecule has 1 aliphatic heterocycles.